The Morgan fingerprint density at radius 2 is 1.67 bits per heavy atom. The van der Waals surface area contributed by atoms with Gasteiger partial charge in [0.15, 0.2) is 0 Å². The van der Waals surface area contributed by atoms with Crippen LogP contribution in [-0.2, 0) is 17.6 Å². The number of ether oxygens (including phenoxy) is 3. The lowest BCUT2D eigenvalue weighted by molar-refractivity contribution is -0.120. The number of amides is 1. The van der Waals surface area contributed by atoms with Gasteiger partial charge in [0.2, 0.25) is 5.91 Å². The number of aromatic carboxylic acids is 1. The fourth-order valence-electron chi connectivity index (χ4n) is 2.71. The molecule has 0 radical (unpaired) electrons. The largest absolute Gasteiger partial charge is 0.496 e. The highest BCUT2D eigenvalue weighted by Crippen LogP contribution is 2.34. The Bertz CT molecular complexity index is 793. The number of hydrogen-bond acceptors (Lipinski definition) is 5. The van der Waals surface area contributed by atoms with Crippen molar-refractivity contribution in [3.63, 3.8) is 0 Å². The Balaban J connectivity index is 1.99. The van der Waals surface area contributed by atoms with Crippen molar-refractivity contribution < 1.29 is 28.9 Å². The topological polar surface area (TPSA) is 94.1 Å². The van der Waals surface area contributed by atoms with Crippen molar-refractivity contribution >= 4 is 11.9 Å². The van der Waals surface area contributed by atoms with E-state index in [1.54, 1.807) is 45.6 Å². The standard InChI is InChI=1S/C20H23NO6/c1-25-15-11-17(26-2)16(18(12-15)27-3)7-8-21-19(22)10-13-5-4-6-14(9-13)20(23)24/h4-6,9,11-12H,7-8,10H2,1-3H3,(H,21,22)(H,23,24). The highest BCUT2D eigenvalue weighted by atomic mass is 16.5. The van der Waals surface area contributed by atoms with Crippen LogP contribution in [-0.4, -0.2) is 44.9 Å². The molecule has 1 amide bonds. The van der Waals surface area contributed by atoms with Gasteiger partial charge in [-0.15, -0.1) is 0 Å². The number of carboxylic acid groups (broad SMARTS) is 1. The molecule has 0 aliphatic carbocycles. The third-order valence-corrected chi connectivity index (χ3v) is 4.05. The zero-order chi connectivity index (χ0) is 19.8. The second-order valence-corrected chi connectivity index (χ2v) is 5.79. The maximum atomic E-state index is 12.2. The van der Waals surface area contributed by atoms with Gasteiger partial charge in [0, 0.05) is 24.2 Å². The van der Waals surface area contributed by atoms with Gasteiger partial charge in [-0.1, -0.05) is 12.1 Å². The molecule has 0 aliphatic heterocycles. The third-order valence-electron chi connectivity index (χ3n) is 4.05. The maximum absolute atomic E-state index is 12.2. The summed E-state index contributed by atoms with van der Waals surface area (Å²) in [6.45, 7) is 0.385. The number of hydrogen-bond donors (Lipinski definition) is 2. The minimum Gasteiger partial charge on any atom is -0.496 e. The lowest BCUT2D eigenvalue weighted by Crippen LogP contribution is -2.27. The first-order chi connectivity index (χ1) is 13.0. The van der Waals surface area contributed by atoms with Crippen molar-refractivity contribution in [2.24, 2.45) is 0 Å². The summed E-state index contributed by atoms with van der Waals surface area (Å²) in [6.07, 6.45) is 0.620. The van der Waals surface area contributed by atoms with E-state index >= 15 is 0 Å². The van der Waals surface area contributed by atoms with Gasteiger partial charge in [-0.05, 0) is 24.1 Å². The molecule has 0 fully saturated rings. The first kappa shape index (κ1) is 20.1. The highest BCUT2D eigenvalue weighted by molar-refractivity contribution is 5.88. The summed E-state index contributed by atoms with van der Waals surface area (Å²) in [5.74, 6) is 0.652. The molecule has 0 aliphatic rings. The normalized spacial score (nSPS) is 10.2. The summed E-state index contributed by atoms with van der Waals surface area (Å²) in [6, 6.07) is 9.86. The van der Waals surface area contributed by atoms with E-state index in [1.165, 1.54) is 12.1 Å². The summed E-state index contributed by atoms with van der Waals surface area (Å²) in [7, 11) is 4.69. The molecule has 0 saturated heterocycles. The van der Waals surface area contributed by atoms with Gasteiger partial charge >= 0.3 is 5.97 Å². The van der Waals surface area contributed by atoms with Gasteiger partial charge < -0.3 is 24.6 Å². The van der Waals surface area contributed by atoms with Gasteiger partial charge in [0.1, 0.15) is 17.2 Å². The van der Waals surface area contributed by atoms with Crippen LogP contribution in [0.15, 0.2) is 36.4 Å². The number of methoxy groups -OCH3 is 3. The molecule has 144 valence electrons. The van der Waals surface area contributed by atoms with Gasteiger partial charge in [0.25, 0.3) is 0 Å². The monoisotopic (exact) mass is 373 g/mol. The van der Waals surface area contributed by atoms with Crippen molar-refractivity contribution in [3.8, 4) is 17.2 Å². The van der Waals surface area contributed by atoms with E-state index in [0.29, 0.717) is 35.8 Å². The predicted molar refractivity (Wildman–Crippen MR) is 99.9 cm³/mol. The molecule has 2 aromatic rings. The lowest BCUT2D eigenvalue weighted by Gasteiger charge is -2.15. The Labute approximate surface area is 157 Å². The van der Waals surface area contributed by atoms with Crippen molar-refractivity contribution in [3.05, 3.63) is 53.1 Å². The number of benzene rings is 2. The molecule has 2 aromatic carbocycles. The first-order valence-corrected chi connectivity index (χ1v) is 8.36. The second-order valence-electron chi connectivity index (χ2n) is 5.79. The van der Waals surface area contributed by atoms with Crippen LogP contribution < -0.4 is 19.5 Å². The molecule has 27 heavy (non-hydrogen) atoms. The average molecular weight is 373 g/mol. The van der Waals surface area contributed by atoms with E-state index < -0.39 is 5.97 Å². The SMILES string of the molecule is COc1cc(OC)c(CCNC(=O)Cc2cccc(C(=O)O)c2)c(OC)c1. The smallest absolute Gasteiger partial charge is 0.335 e. The molecule has 7 nitrogen and oxygen atoms in total. The zero-order valence-corrected chi connectivity index (χ0v) is 15.6. The van der Waals surface area contributed by atoms with E-state index in [-0.39, 0.29) is 17.9 Å². The summed E-state index contributed by atoms with van der Waals surface area (Å²) in [4.78, 5) is 23.2. The van der Waals surface area contributed by atoms with E-state index in [4.69, 9.17) is 19.3 Å². The quantitative estimate of drug-likeness (QED) is 0.701. The van der Waals surface area contributed by atoms with Crippen molar-refractivity contribution in [2.75, 3.05) is 27.9 Å². The minimum absolute atomic E-state index is 0.109. The van der Waals surface area contributed by atoms with Crippen LogP contribution in [0.3, 0.4) is 0 Å². The number of carbonyl (C=O) groups is 2. The molecule has 0 bridgehead atoms. The molecule has 0 heterocycles. The fourth-order valence-corrected chi connectivity index (χ4v) is 2.71. The van der Waals surface area contributed by atoms with Crippen LogP contribution in [0.5, 0.6) is 17.2 Å². The van der Waals surface area contributed by atoms with Crippen LogP contribution in [0.25, 0.3) is 0 Å². The predicted octanol–water partition coefficient (Wildman–Crippen LogP) is 2.31. The number of rotatable bonds is 9. The van der Waals surface area contributed by atoms with Crippen LogP contribution in [0.2, 0.25) is 0 Å². The summed E-state index contributed by atoms with van der Waals surface area (Å²) in [5.41, 5.74) is 1.63. The maximum Gasteiger partial charge on any atom is 0.335 e. The Morgan fingerprint density at radius 1 is 1.00 bits per heavy atom. The molecule has 0 unspecified atom stereocenters. The minimum atomic E-state index is -1.02. The van der Waals surface area contributed by atoms with Crippen molar-refractivity contribution in [2.45, 2.75) is 12.8 Å². The summed E-state index contributed by atoms with van der Waals surface area (Å²) >= 11 is 0. The molecule has 0 spiro atoms. The average Bonchev–Trinajstić information content (AvgIpc) is 2.67. The Hall–Kier alpha value is -3.22. The molecular weight excluding hydrogens is 350 g/mol. The number of nitrogens with one attached hydrogen (secondary N) is 1. The Kier molecular flexibility index (Phi) is 7.05. The van der Waals surface area contributed by atoms with Crippen LogP contribution in [0.4, 0.5) is 0 Å². The van der Waals surface area contributed by atoms with E-state index in [1.807, 2.05) is 0 Å². The molecule has 7 heteroatoms. The third kappa shape index (κ3) is 5.37. The summed E-state index contributed by atoms with van der Waals surface area (Å²) < 4.78 is 16.0. The van der Waals surface area contributed by atoms with Crippen LogP contribution in [0, 0.1) is 0 Å². The molecule has 0 aromatic heterocycles. The second kappa shape index (κ2) is 9.47. The van der Waals surface area contributed by atoms with E-state index in [0.717, 1.165) is 5.56 Å². The van der Waals surface area contributed by atoms with Crippen molar-refractivity contribution in [1.82, 2.24) is 5.32 Å². The zero-order valence-electron chi connectivity index (χ0n) is 15.6. The van der Waals surface area contributed by atoms with Gasteiger partial charge in [-0.25, -0.2) is 4.79 Å². The number of carbonyl (C=O) groups excluding carboxylic acids is 1. The lowest BCUT2D eigenvalue weighted by atomic mass is 10.1. The molecule has 2 N–H and O–H groups in total. The van der Waals surface area contributed by atoms with Crippen LogP contribution >= 0.6 is 0 Å². The molecular formula is C20H23NO6. The van der Waals surface area contributed by atoms with E-state index in [9.17, 15) is 9.59 Å². The van der Waals surface area contributed by atoms with Gasteiger partial charge in [-0.2, -0.15) is 0 Å². The highest BCUT2D eigenvalue weighted by Gasteiger charge is 2.14. The van der Waals surface area contributed by atoms with Crippen LogP contribution in [0.1, 0.15) is 21.5 Å². The van der Waals surface area contributed by atoms with Gasteiger partial charge in [-0.3, -0.25) is 4.79 Å². The Morgan fingerprint density at radius 3 is 2.22 bits per heavy atom. The fraction of sp³-hybridized carbons (Fsp3) is 0.300. The summed E-state index contributed by atoms with van der Waals surface area (Å²) in [5, 5.41) is 11.8. The van der Waals surface area contributed by atoms with Crippen molar-refractivity contribution in [1.29, 1.82) is 0 Å². The number of carboxylic acids is 1. The van der Waals surface area contributed by atoms with Gasteiger partial charge in [0.05, 0.1) is 33.3 Å². The molecule has 0 atom stereocenters. The van der Waals surface area contributed by atoms with E-state index in [2.05, 4.69) is 5.32 Å². The molecule has 2 rings (SSSR count). The first-order valence-electron chi connectivity index (χ1n) is 8.36. The molecule has 0 saturated carbocycles.